The number of benzene rings is 1. The van der Waals surface area contributed by atoms with Gasteiger partial charge in [0.15, 0.2) is 0 Å². The van der Waals surface area contributed by atoms with Crippen LogP contribution in [0, 0.1) is 13.8 Å². The first-order valence-corrected chi connectivity index (χ1v) is 6.14. The van der Waals surface area contributed by atoms with Crippen LogP contribution in [0.1, 0.15) is 22.5 Å². The molecule has 0 fully saturated rings. The minimum absolute atomic E-state index is 0.375. The number of halogens is 1. The Hall–Kier alpha value is -1.45. The highest BCUT2D eigenvalue weighted by molar-refractivity contribution is 6.32. The van der Waals surface area contributed by atoms with E-state index in [1.807, 2.05) is 32.0 Å². The number of nitrogens with two attached hydrogens (primary N) is 1. The zero-order valence-electron chi connectivity index (χ0n) is 10.5. The minimum Gasteiger partial charge on any atom is -0.486 e. The molecule has 18 heavy (non-hydrogen) atoms. The summed E-state index contributed by atoms with van der Waals surface area (Å²) < 4.78 is 11.0. The summed E-state index contributed by atoms with van der Waals surface area (Å²) in [6.45, 7) is 4.74. The number of rotatable bonds is 4. The maximum absolute atomic E-state index is 6.11. The molecule has 0 aliphatic heterocycles. The first-order valence-electron chi connectivity index (χ1n) is 5.76. The molecular formula is C14H16ClNO2. The monoisotopic (exact) mass is 265 g/mol. The zero-order chi connectivity index (χ0) is 13.1. The van der Waals surface area contributed by atoms with Crippen LogP contribution in [0.4, 0.5) is 0 Å². The van der Waals surface area contributed by atoms with Crippen molar-refractivity contribution in [3.05, 3.63) is 51.9 Å². The van der Waals surface area contributed by atoms with Gasteiger partial charge in [0, 0.05) is 17.1 Å². The second-order valence-corrected chi connectivity index (χ2v) is 4.61. The normalized spacial score (nSPS) is 10.7. The quantitative estimate of drug-likeness (QED) is 0.919. The summed E-state index contributed by atoms with van der Waals surface area (Å²) in [6, 6.07) is 5.69. The Bertz CT molecular complexity index is 525. The lowest BCUT2D eigenvalue weighted by Crippen LogP contribution is -2.02. The molecule has 2 aromatic rings. The number of hydrogen-bond donors (Lipinski definition) is 1. The van der Waals surface area contributed by atoms with E-state index < -0.39 is 0 Å². The molecule has 2 rings (SSSR count). The third-order valence-electron chi connectivity index (χ3n) is 2.84. The van der Waals surface area contributed by atoms with Gasteiger partial charge in [0.05, 0.1) is 6.26 Å². The fraction of sp³-hybridized carbons (Fsp3) is 0.286. The number of hydrogen-bond acceptors (Lipinski definition) is 3. The molecule has 0 aliphatic carbocycles. The van der Waals surface area contributed by atoms with E-state index in [9.17, 15) is 0 Å². The van der Waals surface area contributed by atoms with E-state index in [2.05, 4.69) is 0 Å². The molecule has 4 heteroatoms. The van der Waals surface area contributed by atoms with Gasteiger partial charge in [-0.15, -0.1) is 0 Å². The predicted molar refractivity (Wildman–Crippen MR) is 71.9 cm³/mol. The van der Waals surface area contributed by atoms with Crippen LogP contribution in [-0.4, -0.2) is 0 Å². The van der Waals surface area contributed by atoms with Gasteiger partial charge in [0.25, 0.3) is 0 Å². The minimum atomic E-state index is 0.375. The number of aryl methyl sites for hydroxylation is 2. The van der Waals surface area contributed by atoms with E-state index in [-0.39, 0.29) is 0 Å². The maximum Gasteiger partial charge on any atom is 0.146 e. The van der Waals surface area contributed by atoms with Gasteiger partial charge in [-0.1, -0.05) is 11.6 Å². The van der Waals surface area contributed by atoms with Crippen molar-refractivity contribution in [3.63, 3.8) is 0 Å². The lowest BCUT2D eigenvalue weighted by molar-refractivity contribution is 0.268. The van der Waals surface area contributed by atoms with Crippen molar-refractivity contribution >= 4 is 11.6 Å². The van der Waals surface area contributed by atoms with Crippen molar-refractivity contribution in [2.24, 2.45) is 5.73 Å². The molecule has 3 nitrogen and oxygen atoms in total. The van der Waals surface area contributed by atoms with E-state index in [1.54, 1.807) is 6.26 Å². The van der Waals surface area contributed by atoms with Gasteiger partial charge in [0.1, 0.15) is 18.1 Å². The summed E-state index contributed by atoms with van der Waals surface area (Å²) in [5, 5.41) is 0.781. The summed E-state index contributed by atoms with van der Waals surface area (Å²) >= 11 is 6.11. The highest BCUT2D eigenvalue weighted by Crippen LogP contribution is 2.26. The Morgan fingerprint density at radius 1 is 1.28 bits per heavy atom. The average Bonchev–Trinajstić information content (AvgIpc) is 2.80. The van der Waals surface area contributed by atoms with Crippen molar-refractivity contribution in [2.75, 3.05) is 0 Å². The predicted octanol–water partition coefficient (Wildman–Crippen LogP) is 3.59. The van der Waals surface area contributed by atoms with Crippen LogP contribution >= 0.6 is 11.6 Å². The van der Waals surface area contributed by atoms with Gasteiger partial charge in [0.2, 0.25) is 0 Å². The number of furan rings is 1. The Balaban J connectivity index is 2.11. The molecule has 96 valence electrons. The lowest BCUT2D eigenvalue weighted by Gasteiger charge is -2.09. The topological polar surface area (TPSA) is 48.4 Å². The van der Waals surface area contributed by atoms with E-state index in [0.717, 1.165) is 33.2 Å². The van der Waals surface area contributed by atoms with Gasteiger partial charge >= 0.3 is 0 Å². The van der Waals surface area contributed by atoms with Crippen LogP contribution in [0.25, 0.3) is 0 Å². The largest absolute Gasteiger partial charge is 0.486 e. The van der Waals surface area contributed by atoms with Crippen molar-refractivity contribution in [1.82, 2.24) is 0 Å². The molecule has 0 saturated heterocycles. The molecule has 0 unspecified atom stereocenters. The Kier molecular flexibility index (Phi) is 3.94. The first-order chi connectivity index (χ1) is 8.61. The summed E-state index contributed by atoms with van der Waals surface area (Å²) in [4.78, 5) is 0. The first kappa shape index (κ1) is 13.0. The summed E-state index contributed by atoms with van der Waals surface area (Å²) in [7, 11) is 0. The smallest absolute Gasteiger partial charge is 0.146 e. The standard InChI is InChI=1S/C14H16ClNO2/c1-9-5-12(6-10(2)14(9)15)18-8-13-11(7-16)3-4-17-13/h3-6H,7-8,16H2,1-2H3. The van der Waals surface area contributed by atoms with Gasteiger partial charge in [-0.25, -0.2) is 0 Å². The molecule has 1 heterocycles. The van der Waals surface area contributed by atoms with Crippen molar-refractivity contribution < 1.29 is 9.15 Å². The lowest BCUT2D eigenvalue weighted by atomic mass is 10.1. The molecule has 0 amide bonds. The summed E-state index contributed by atoms with van der Waals surface area (Å²) in [6.07, 6.45) is 1.62. The molecule has 0 radical (unpaired) electrons. The van der Waals surface area contributed by atoms with E-state index >= 15 is 0 Å². The van der Waals surface area contributed by atoms with Gasteiger partial charge < -0.3 is 14.9 Å². The zero-order valence-corrected chi connectivity index (χ0v) is 11.3. The molecule has 0 saturated carbocycles. The SMILES string of the molecule is Cc1cc(OCc2occc2CN)cc(C)c1Cl. The fourth-order valence-electron chi connectivity index (χ4n) is 1.81. The molecule has 1 aromatic carbocycles. The molecule has 1 aromatic heterocycles. The molecule has 0 atom stereocenters. The highest BCUT2D eigenvalue weighted by Gasteiger charge is 2.07. The van der Waals surface area contributed by atoms with E-state index in [4.69, 9.17) is 26.5 Å². The Morgan fingerprint density at radius 3 is 2.56 bits per heavy atom. The van der Waals surface area contributed by atoms with Crippen LogP contribution in [0.5, 0.6) is 5.75 Å². The summed E-state index contributed by atoms with van der Waals surface area (Å²) in [5.41, 5.74) is 8.58. The summed E-state index contributed by atoms with van der Waals surface area (Å²) in [5.74, 6) is 1.55. The van der Waals surface area contributed by atoms with E-state index in [1.165, 1.54) is 0 Å². The molecule has 0 spiro atoms. The van der Waals surface area contributed by atoms with Crippen LogP contribution in [0.3, 0.4) is 0 Å². The van der Waals surface area contributed by atoms with Crippen LogP contribution in [-0.2, 0) is 13.2 Å². The molecular weight excluding hydrogens is 250 g/mol. The second kappa shape index (κ2) is 5.46. The van der Waals surface area contributed by atoms with Crippen LogP contribution < -0.4 is 10.5 Å². The number of ether oxygens (including phenoxy) is 1. The van der Waals surface area contributed by atoms with Gasteiger partial charge in [-0.3, -0.25) is 0 Å². The van der Waals surface area contributed by atoms with Crippen molar-refractivity contribution in [3.8, 4) is 5.75 Å². The second-order valence-electron chi connectivity index (χ2n) is 4.23. The third kappa shape index (κ3) is 2.68. The van der Waals surface area contributed by atoms with Gasteiger partial charge in [-0.05, 0) is 43.2 Å². The average molecular weight is 266 g/mol. The Labute approximate surface area is 111 Å². The molecule has 0 bridgehead atoms. The van der Waals surface area contributed by atoms with Crippen LogP contribution in [0.2, 0.25) is 5.02 Å². The molecule has 0 aliphatic rings. The van der Waals surface area contributed by atoms with Crippen LogP contribution in [0.15, 0.2) is 28.9 Å². The highest BCUT2D eigenvalue weighted by atomic mass is 35.5. The van der Waals surface area contributed by atoms with Gasteiger partial charge in [-0.2, -0.15) is 0 Å². The fourth-order valence-corrected chi connectivity index (χ4v) is 1.92. The van der Waals surface area contributed by atoms with Crippen molar-refractivity contribution in [2.45, 2.75) is 27.0 Å². The third-order valence-corrected chi connectivity index (χ3v) is 3.43. The molecule has 2 N–H and O–H groups in total. The Morgan fingerprint density at radius 2 is 1.94 bits per heavy atom. The van der Waals surface area contributed by atoms with E-state index in [0.29, 0.717) is 13.2 Å². The van der Waals surface area contributed by atoms with Crippen molar-refractivity contribution in [1.29, 1.82) is 0 Å². The maximum atomic E-state index is 6.11.